The molecule has 0 bridgehead atoms. The van der Waals surface area contributed by atoms with Crippen LogP contribution in [0.1, 0.15) is 0 Å². The molecule has 0 atom stereocenters. The molecule has 0 saturated heterocycles. The summed E-state index contributed by atoms with van der Waals surface area (Å²) in [6.07, 6.45) is 0. The van der Waals surface area contributed by atoms with Crippen LogP contribution in [0.3, 0.4) is 0 Å². The van der Waals surface area contributed by atoms with E-state index in [4.69, 9.17) is 13.9 Å². The van der Waals surface area contributed by atoms with E-state index in [2.05, 4.69) is 30.2 Å². The van der Waals surface area contributed by atoms with E-state index in [1.54, 1.807) is 0 Å². The first-order valence-electron chi connectivity index (χ1n) is 10.3. The molecule has 0 fully saturated rings. The van der Waals surface area contributed by atoms with Crippen LogP contribution in [0.2, 0.25) is 0 Å². The van der Waals surface area contributed by atoms with Crippen LogP contribution in [0.4, 0.5) is 11.5 Å². The predicted molar refractivity (Wildman–Crippen MR) is 131 cm³/mol. The van der Waals surface area contributed by atoms with E-state index in [-0.39, 0.29) is 39.5 Å². The average molecular weight is 529 g/mol. The molecule has 186 valence electrons. The summed E-state index contributed by atoms with van der Waals surface area (Å²) in [5.41, 5.74) is 1.20. The molecule has 0 aliphatic heterocycles. The van der Waals surface area contributed by atoms with Gasteiger partial charge in [0.05, 0.1) is 24.9 Å². The molecule has 2 N–H and O–H groups in total. The predicted octanol–water partition coefficient (Wildman–Crippen LogP) is 3.08. The lowest BCUT2D eigenvalue weighted by molar-refractivity contribution is -0.113. The number of sulfonamides is 1. The summed E-state index contributed by atoms with van der Waals surface area (Å²) in [7, 11) is -1.24. The third-order valence-electron chi connectivity index (χ3n) is 4.52. The second-order valence-corrected chi connectivity index (χ2v) is 9.60. The molecule has 0 aliphatic rings. The zero-order valence-corrected chi connectivity index (χ0v) is 20.7. The normalized spacial score (nSPS) is 11.1. The minimum absolute atomic E-state index is 0.0232. The molecule has 2 heterocycles. The van der Waals surface area contributed by atoms with Crippen molar-refractivity contribution in [2.45, 2.75) is 10.1 Å². The van der Waals surface area contributed by atoms with Gasteiger partial charge in [-0.1, -0.05) is 30.0 Å². The lowest BCUT2D eigenvalue weighted by Gasteiger charge is -2.10. The molecule has 14 heteroatoms. The molecular formula is C22H20N6O6S2. The standard InChI is InChI=1S/C22H20N6O6S2/c1-32-19-12-17(24-21(25-19)33-2)28-36(30,31)16-10-8-15(9-11-16)23-18(29)13-35-22-27-26-20(34-22)14-6-4-3-5-7-14/h3-12H,13H2,1-2H3,(H,23,29)(H,24,25,28). The maximum atomic E-state index is 12.7. The molecule has 0 radical (unpaired) electrons. The number of aromatic nitrogens is 4. The number of anilines is 2. The highest BCUT2D eigenvalue weighted by molar-refractivity contribution is 7.99. The van der Waals surface area contributed by atoms with E-state index >= 15 is 0 Å². The van der Waals surface area contributed by atoms with Crippen molar-refractivity contribution in [1.29, 1.82) is 0 Å². The minimum atomic E-state index is -3.97. The van der Waals surface area contributed by atoms with Crippen molar-refractivity contribution in [1.82, 2.24) is 20.2 Å². The van der Waals surface area contributed by atoms with Gasteiger partial charge >= 0.3 is 6.01 Å². The molecule has 4 aromatic rings. The van der Waals surface area contributed by atoms with E-state index < -0.39 is 10.0 Å². The maximum Gasteiger partial charge on any atom is 0.321 e. The van der Waals surface area contributed by atoms with E-state index in [1.165, 1.54) is 44.6 Å². The van der Waals surface area contributed by atoms with Gasteiger partial charge in [0.15, 0.2) is 5.82 Å². The molecule has 36 heavy (non-hydrogen) atoms. The highest BCUT2D eigenvalue weighted by Crippen LogP contribution is 2.24. The van der Waals surface area contributed by atoms with Gasteiger partial charge in [0, 0.05) is 17.3 Å². The molecule has 0 spiro atoms. The van der Waals surface area contributed by atoms with E-state index in [1.807, 2.05) is 30.3 Å². The van der Waals surface area contributed by atoms with Gasteiger partial charge in [-0.2, -0.15) is 9.97 Å². The van der Waals surface area contributed by atoms with Crippen LogP contribution >= 0.6 is 11.8 Å². The Morgan fingerprint density at radius 1 is 1.00 bits per heavy atom. The Bertz CT molecular complexity index is 1420. The summed E-state index contributed by atoms with van der Waals surface area (Å²) in [5.74, 6) is 0.170. The van der Waals surface area contributed by atoms with Gasteiger partial charge in [-0.3, -0.25) is 9.52 Å². The van der Waals surface area contributed by atoms with Crippen LogP contribution in [0, 0.1) is 0 Å². The van der Waals surface area contributed by atoms with Gasteiger partial charge in [0.1, 0.15) is 0 Å². The van der Waals surface area contributed by atoms with Gasteiger partial charge in [0.25, 0.3) is 15.2 Å². The van der Waals surface area contributed by atoms with Crippen molar-refractivity contribution in [2.24, 2.45) is 0 Å². The average Bonchev–Trinajstić information content (AvgIpc) is 3.37. The number of nitrogens with one attached hydrogen (secondary N) is 2. The molecule has 4 rings (SSSR count). The van der Waals surface area contributed by atoms with E-state index in [0.717, 1.165) is 17.3 Å². The third kappa shape index (κ3) is 6.28. The zero-order chi connectivity index (χ0) is 25.5. The lowest BCUT2D eigenvalue weighted by atomic mass is 10.2. The van der Waals surface area contributed by atoms with Crippen LogP contribution in [0.15, 0.2) is 75.2 Å². The number of nitrogens with zero attached hydrogens (tertiary/aromatic N) is 4. The number of carbonyl (C=O) groups is 1. The second kappa shape index (κ2) is 11.0. The first-order chi connectivity index (χ1) is 17.4. The monoisotopic (exact) mass is 528 g/mol. The fourth-order valence-electron chi connectivity index (χ4n) is 2.86. The Hall–Kier alpha value is -4.17. The molecular weight excluding hydrogens is 508 g/mol. The van der Waals surface area contributed by atoms with Gasteiger partial charge in [-0.15, -0.1) is 10.2 Å². The first-order valence-corrected chi connectivity index (χ1v) is 12.7. The smallest absolute Gasteiger partial charge is 0.321 e. The van der Waals surface area contributed by atoms with Crippen molar-refractivity contribution >= 4 is 39.2 Å². The van der Waals surface area contributed by atoms with Crippen LogP contribution in [0.5, 0.6) is 11.9 Å². The van der Waals surface area contributed by atoms with Crippen LogP contribution < -0.4 is 19.5 Å². The lowest BCUT2D eigenvalue weighted by Crippen LogP contribution is -2.16. The Balaban J connectivity index is 1.34. The van der Waals surface area contributed by atoms with Gasteiger partial charge in [0.2, 0.25) is 17.7 Å². The summed E-state index contributed by atoms with van der Waals surface area (Å²) in [4.78, 5) is 20.1. The largest absolute Gasteiger partial charge is 0.481 e. The number of rotatable bonds is 10. The van der Waals surface area contributed by atoms with Crippen molar-refractivity contribution in [3.8, 4) is 23.3 Å². The van der Waals surface area contributed by atoms with Crippen molar-refractivity contribution in [3.05, 3.63) is 60.7 Å². The number of methoxy groups -OCH3 is 2. The summed E-state index contributed by atoms with van der Waals surface area (Å²) in [6.45, 7) is 0. The highest BCUT2D eigenvalue weighted by Gasteiger charge is 2.17. The second-order valence-electron chi connectivity index (χ2n) is 6.99. The highest BCUT2D eigenvalue weighted by atomic mass is 32.2. The van der Waals surface area contributed by atoms with Crippen molar-refractivity contribution in [2.75, 3.05) is 30.0 Å². The topological polar surface area (TPSA) is 158 Å². The molecule has 0 unspecified atom stereocenters. The first kappa shape index (κ1) is 24.9. The summed E-state index contributed by atoms with van der Waals surface area (Å²) >= 11 is 1.09. The number of carbonyl (C=O) groups excluding carboxylic acids is 1. The van der Waals surface area contributed by atoms with Gasteiger partial charge in [-0.05, 0) is 36.4 Å². The number of ether oxygens (including phenoxy) is 2. The molecule has 2 aromatic heterocycles. The Morgan fingerprint density at radius 3 is 2.44 bits per heavy atom. The number of thioether (sulfide) groups is 1. The van der Waals surface area contributed by atoms with Crippen molar-refractivity contribution < 1.29 is 27.1 Å². The number of amides is 1. The minimum Gasteiger partial charge on any atom is -0.481 e. The maximum absolute atomic E-state index is 12.7. The van der Waals surface area contributed by atoms with Gasteiger partial charge < -0.3 is 19.2 Å². The fourth-order valence-corrected chi connectivity index (χ4v) is 4.41. The molecule has 0 saturated carbocycles. The van der Waals surface area contributed by atoms with Gasteiger partial charge in [-0.25, -0.2) is 8.42 Å². The summed E-state index contributed by atoms with van der Waals surface area (Å²) < 4.78 is 43.3. The zero-order valence-electron chi connectivity index (χ0n) is 19.0. The van der Waals surface area contributed by atoms with Crippen LogP contribution in [-0.2, 0) is 14.8 Å². The summed E-state index contributed by atoms with van der Waals surface area (Å²) in [5, 5.41) is 10.9. The molecule has 1 amide bonds. The number of benzene rings is 2. The quantitative estimate of drug-likeness (QED) is 0.291. The van der Waals surface area contributed by atoms with Crippen LogP contribution in [-0.4, -0.2) is 54.5 Å². The molecule has 0 aliphatic carbocycles. The number of hydrogen-bond acceptors (Lipinski definition) is 11. The summed E-state index contributed by atoms with van der Waals surface area (Å²) in [6, 6.07) is 16.2. The Labute approximate surface area is 210 Å². The third-order valence-corrected chi connectivity index (χ3v) is 6.70. The molecule has 2 aromatic carbocycles. The fraction of sp³-hybridized carbons (Fsp3) is 0.136. The Kier molecular flexibility index (Phi) is 7.65. The van der Waals surface area contributed by atoms with Crippen LogP contribution in [0.25, 0.3) is 11.5 Å². The Morgan fingerprint density at radius 2 is 1.75 bits per heavy atom. The number of hydrogen-bond donors (Lipinski definition) is 2. The molecule has 12 nitrogen and oxygen atoms in total. The van der Waals surface area contributed by atoms with E-state index in [9.17, 15) is 13.2 Å². The van der Waals surface area contributed by atoms with Crippen molar-refractivity contribution in [3.63, 3.8) is 0 Å². The SMILES string of the molecule is COc1cc(NS(=O)(=O)c2ccc(NC(=O)CSc3nnc(-c4ccccc4)o3)cc2)nc(OC)n1. The van der Waals surface area contributed by atoms with E-state index in [0.29, 0.717) is 11.6 Å².